The zero-order valence-electron chi connectivity index (χ0n) is 57.8. The topological polar surface area (TPSA) is 302 Å². The Morgan fingerprint density at radius 2 is 1.11 bits per heavy atom. The normalized spacial score (nSPS) is 22.0. The second-order valence-corrected chi connectivity index (χ2v) is 28.1. The molecular formula is C72H104N6O17. The maximum atomic E-state index is 13.8. The van der Waals surface area contributed by atoms with Gasteiger partial charge in [0.25, 0.3) is 5.91 Å². The summed E-state index contributed by atoms with van der Waals surface area (Å²) in [5.41, 5.74) is -7.32. The van der Waals surface area contributed by atoms with Crippen molar-refractivity contribution < 1.29 is 81.4 Å². The van der Waals surface area contributed by atoms with E-state index >= 15 is 0 Å². The van der Waals surface area contributed by atoms with Crippen LogP contribution in [0.1, 0.15) is 154 Å². The molecule has 23 nitrogen and oxygen atoms in total. The molecular weight excluding hydrogens is 1220 g/mol. The molecule has 0 aromatic heterocycles. The Hall–Kier alpha value is -8.31. The second kappa shape index (κ2) is 32.4. The van der Waals surface area contributed by atoms with Gasteiger partial charge in [-0.1, -0.05) is 140 Å². The van der Waals surface area contributed by atoms with Crippen LogP contribution in [0.4, 0.5) is 14.4 Å². The number of nitrogens with one attached hydrogen (secondary N) is 5. The van der Waals surface area contributed by atoms with Gasteiger partial charge in [-0.15, -0.1) is 0 Å². The Labute approximate surface area is 560 Å². The number of methoxy groups -OCH3 is 2. The summed E-state index contributed by atoms with van der Waals surface area (Å²) in [7, 11) is 2.49. The summed E-state index contributed by atoms with van der Waals surface area (Å²) < 4.78 is 36.9. The van der Waals surface area contributed by atoms with Gasteiger partial charge in [-0.2, -0.15) is 0 Å². The van der Waals surface area contributed by atoms with Gasteiger partial charge in [0.15, 0.2) is 11.3 Å². The fourth-order valence-corrected chi connectivity index (χ4v) is 12.0. The van der Waals surface area contributed by atoms with Crippen LogP contribution in [-0.4, -0.2) is 154 Å². The minimum Gasteiger partial charge on any atom is -0.467 e. The van der Waals surface area contributed by atoms with Gasteiger partial charge in [0.1, 0.15) is 44.5 Å². The number of alkyl carbamates (subject to hydrolysis) is 3. The van der Waals surface area contributed by atoms with Crippen LogP contribution in [0.25, 0.3) is 0 Å². The van der Waals surface area contributed by atoms with Gasteiger partial charge in [0, 0.05) is 57.5 Å². The van der Waals surface area contributed by atoms with Crippen molar-refractivity contribution in [3.8, 4) is 0 Å². The molecule has 2 fully saturated rings. The second-order valence-electron chi connectivity index (χ2n) is 28.1. The molecule has 2 saturated heterocycles. The van der Waals surface area contributed by atoms with E-state index in [1.54, 1.807) is 98.9 Å². The van der Waals surface area contributed by atoms with Gasteiger partial charge in [-0.05, 0) is 116 Å². The van der Waals surface area contributed by atoms with Crippen molar-refractivity contribution >= 4 is 53.8 Å². The number of benzene rings is 3. The number of amides is 4. The van der Waals surface area contributed by atoms with E-state index < -0.39 is 86.2 Å². The summed E-state index contributed by atoms with van der Waals surface area (Å²) in [6, 6.07) is 27.8. The van der Waals surface area contributed by atoms with E-state index in [9.17, 15) is 48.3 Å². The van der Waals surface area contributed by atoms with E-state index in [0.29, 0.717) is 25.0 Å². The third-order valence-corrected chi connectivity index (χ3v) is 17.0. The molecule has 4 aliphatic rings. The van der Waals surface area contributed by atoms with Crippen LogP contribution in [0, 0.1) is 17.8 Å². The molecule has 4 amide bonds. The average Bonchev–Trinajstić information content (AvgIpc) is 1.62. The quantitative estimate of drug-likeness (QED) is 0.0403. The van der Waals surface area contributed by atoms with Crippen LogP contribution in [-0.2, 0) is 81.2 Å². The predicted octanol–water partition coefficient (Wildman–Crippen LogP) is 9.31. The van der Waals surface area contributed by atoms with Gasteiger partial charge in [-0.3, -0.25) is 19.3 Å². The van der Waals surface area contributed by atoms with Crippen molar-refractivity contribution in [2.45, 2.75) is 206 Å². The highest BCUT2D eigenvalue weighted by atomic mass is 16.6. The molecule has 524 valence electrons. The molecule has 6 N–H and O–H groups in total. The molecule has 3 aromatic rings. The van der Waals surface area contributed by atoms with Gasteiger partial charge in [0.2, 0.25) is 0 Å². The number of aliphatic hydroxyl groups is 1. The molecule has 6 atom stereocenters. The number of aliphatic hydroxyl groups excluding tert-OH is 1. The lowest BCUT2D eigenvalue weighted by molar-refractivity contribution is -0.156. The van der Waals surface area contributed by atoms with Crippen LogP contribution in [0.5, 0.6) is 0 Å². The average molecular weight is 1330 g/mol. The number of nitrogens with zero attached hydrogens (tertiary/aromatic N) is 1. The first kappa shape index (κ1) is 79.1. The predicted molar refractivity (Wildman–Crippen MR) is 358 cm³/mol. The van der Waals surface area contributed by atoms with E-state index in [2.05, 4.69) is 26.6 Å². The first-order chi connectivity index (χ1) is 43.9. The van der Waals surface area contributed by atoms with E-state index in [4.69, 9.17) is 33.2 Å². The highest BCUT2D eigenvalue weighted by Crippen LogP contribution is 2.41. The van der Waals surface area contributed by atoms with Gasteiger partial charge in [-0.25, -0.2) is 28.8 Å². The number of esters is 4. The van der Waals surface area contributed by atoms with Crippen LogP contribution in [0.2, 0.25) is 0 Å². The number of carbonyl (C=O) groups is 9. The molecule has 0 saturated carbocycles. The zero-order chi connectivity index (χ0) is 70.3. The molecule has 95 heavy (non-hydrogen) atoms. The van der Waals surface area contributed by atoms with Crippen molar-refractivity contribution in [3.63, 3.8) is 0 Å². The lowest BCUT2D eigenvalue weighted by Gasteiger charge is -2.39. The van der Waals surface area contributed by atoms with Crippen molar-refractivity contribution in [1.82, 2.24) is 31.5 Å². The number of cyclic esters (lactones) is 2. The molecule has 0 spiro atoms. The number of ketones is 1. The van der Waals surface area contributed by atoms with Gasteiger partial charge < -0.3 is 64.8 Å². The molecule has 7 rings (SSSR count). The number of hydrogen-bond donors (Lipinski definition) is 6. The van der Waals surface area contributed by atoms with E-state index in [-0.39, 0.29) is 100 Å². The third kappa shape index (κ3) is 19.2. The highest BCUT2D eigenvalue weighted by Gasteiger charge is 2.60. The molecule has 0 aliphatic carbocycles. The minimum absolute atomic E-state index is 0. The number of carbonyl (C=O) groups excluding carboxylic acids is 9. The van der Waals surface area contributed by atoms with Crippen LogP contribution in [0.3, 0.4) is 0 Å². The summed E-state index contributed by atoms with van der Waals surface area (Å²) in [6.07, 6.45) is 4.19. The minimum atomic E-state index is -1.82. The molecule has 4 heterocycles. The van der Waals surface area contributed by atoms with E-state index in [1.807, 2.05) is 108 Å². The molecule has 4 aliphatic heterocycles. The monoisotopic (exact) mass is 1320 g/mol. The van der Waals surface area contributed by atoms with Crippen molar-refractivity contribution in [2.75, 3.05) is 40.6 Å². The van der Waals surface area contributed by atoms with Crippen LogP contribution in [0.15, 0.2) is 115 Å². The van der Waals surface area contributed by atoms with Gasteiger partial charge >= 0.3 is 42.2 Å². The molecule has 23 heteroatoms. The number of rotatable bonds is 22. The number of ether oxygens (including phenoxy) is 7. The molecule has 0 bridgehead atoms. The summed E-state index contributed by atoms with van der Waals surface area (Å²) >= 11 is 0. The first-order valence-corrected chi connectivity index (χ1v) is 31.9. The standard InChI is InChI=1S/C24H36N2O6.C24H34N2O6.C23H30N2O5.CH4/c1-17(2)24(13-15-31-20(24)28)25-14-12-23(19(27)30-6,16-18-10-8-7-9-11-18)26-21(29)32-22(3,4)5;1-16(2)23(12-13-27)19(28)18(15-25-23)24(20(29)31-6,14-17-10-8-7-9-11-17)26-21(30)32-22(3,4)5;1-16(2)23(12-14-29-19(23)27)25-13-11-22(18(25)26,15-17-9-7-6-8-10-17)24-20(28)30-21(3,4)5;/h7-11,17,25H,12-16H2,1-6H3,(H,26,29);7-11,15-16,25,27H,12-14H2,1-6H3,(H,26,30);6-11,13,16H,12,14-15H2,1-5H3,(H,24,28);1H4/t23-,24-;23-,24+;22-,23-;/m111./s1. The third-order valence-electron chi connectivity index (χ3n) is 17.0. The van der Waals surface area contributed by atoms with Crippen molar-refractivity contribution in [3.05, 3.63) is 132 Å². The Bertz CT molecular complexity index is 3210. The fourth-order valence-electron chi connectivity index (χ4n) is 12.0. The van der Waals surface area contributed by atoms with Crippen molar-refractivity contribution in [1.29, 1.82) is 0 Å². The maximum absolute atomic E-state index is 13.8. The molecule has 0 radical (unpaired) electrons. The largest absolute Gasteiger partial charge is 0.467 e. The van der Waals surface area contributed by atoms with E-state index in [1.165, 1.54) is 25.3 Å². The Kier molecular flexibility index (Phi) is 27.0. The van der Waals surface area contributed by atoms with E-state index in [0.717, 1.165) is 11.1 Å². The summed E-state index contributed by atoms with van der Waals surface area (Å²) in [6.45, 7) is 27.7. The van der Waals surface area contributed by atoms with Gasteiger partial charge in [0.05, 0.1) is 33.0 Å². The van der Waals surface area contributed by atoms with Crippen LogP contribution >= 0.6 is 0 Å². The SMILES string of the molecule is C.CC(C)[C@]1(N2C=C[C@](Cc3ccccc3)(NC(=O)OC(C)(C)C)C2=O)CCOC1=O.COC(=O)[C@@](CCN[C@@]1(C(C)C)CCOC1=O)(Cc1ccccc1)NC(=O)OC(C)(C)C.COC(=O)[C@@](Cc1ccccc1)(NC(=O)OC(C)(C)C)C1=CN[C@](CCO)(C(C)C)C1=O. The number of Topliss-reactive ketones (excluding diaryl/α,β-unsaturated/α-hetero) is 1. The molecule has 0 unspecified atom stereocenters. The smallest absolute Gasteiger partial charge is 0.408 e. The summed E-state index contributed by atoms with van der Waals surface area (Å²) in [4.78, 5) is 119. The molecule has 3 aromatic carbocycles. The Morgan fingerprint density at radius 3 is 1.55 bits per heavy atom. The lowest BCUT2D eigenvalue weighted by Crippen LogP contribution is -2.62. The Balaban J connectivity index is 0.000000302. The fraction of sp³-hybridized carbons (Fsp3) is 0.569. The van der Waals surface area contributed by atoms with Crippen molar-refractivity contribution in [2.24, 2.45) is 17.8 Å². The number of hydrogen-bond acceptors (Lipinski definition) is 19. The summed E-state index contributed by atoms with van der Waals surface area (Å²) in [5.74, 6) is -3.18. The maximum Gasteiger partial charge on any atom is 0.408 e. The summed E-state index contributed by atoms with van der Waals surface area (Å²) in [5, 5.41) is 24.2. The lowest BCUT2D eigenvalue weighted by atomic mass is 9.74. The zero-order valence-corrected chi connectivity index (χ0v) is 57.8. The van der Waals surface area contributed by atoms with Crippen LogP contribution < -0.4 is 26.6 Å². The first-order valence-electron chi connectivity index (χ1n) is 31.9. The Morgan fingerprint density at radius 1 is 0.621 bits per heavy atom. The highest BCUT2D eigenvalue weighted by molar-refractivity contribution is 6.12.